The number of carbonyl (C=O) groups excluding carboxylic acids is 2. The molecule has 0 aromatic heterocycles. The van der Waals surface area contributed by atoms with Crippen molar-refractivity contribution in [1.82, 2.24) is 5.32 Å². The number of rotatable bonds is 7. The van der Waals surface area contributed by atoms with Crippen molar-refractivity contribution in [3.63, 3.8) is 0 Å². The largest absolute Gasteiger partial charge is 0.497 e. The number of carbonyl (C=O) groups is 2. The Kier molecular flexibility index (Phi) is 5.81. The van der Waals surface area contributed by atoms with Crippen LogP contribution in [0.2, 0.25) is 0 Å². The highest BCUT2D eigenvalue weighted by Gasteiger charge is 2.39. The molecule has 2 aromatic carbocycles. The van der Waals surface area contributed by atoms with Gasteiger partial charge in [-0.1, -0.05) is 6.07 Å². The van der Waals surface area contributed by atoms with Crippen LogP contribution in [0.25, 0.3) is 0 Å². The van der Waals surface area contributed by atoms with Crippen LogP contribution in [0.3, 0.4) is 0 Å². The molecule has 0 aliphatic carbocycles. The van der Waals surface area contributed by atoms with Crippen molar-refractivity contribution in [2.75, 3.05) is 38.8 Å². The fourth-order valence-corrected chi connectivity index (χ4v) is 4.04. The molecule has 1 N–H and O–H groups in total. The summed E-state index contributed by atoms with van der Waals surface area (Å²) in [6.45, 7) is 0.944. The number of nitro groups is 1. The Hall–Kier alpha value is -3.50. The molecule has 0 spiro atoms. The van der Waals surface area contributed by atoms with Gasteiger partial charge in [-0.25, -0.2) is 0 Å². The first kappa shape index (κ1) is 21.7. The second-order valence-electron chi connectivity index (χ2n) is 7.57. The van der Waals surface area contributed by atoms with Gasteiger partial charge in [-0.3, -0.25) is 19.7 Å². The molecule has 32 heavy (non-hydrogen) atoms. The maximum atomic E-state index is 12.7. The van der Waals surface area contributed by atoms with E-state index < -0.39 is 16.6 Å². The van der Waals surface area contributed by atoms with E-state index in [9.17, 15) is 19.7 Å². The fraction of sp³-hybridized carbons (Fsp3) is 0.364. The first-order valence-electron chi connectivity index (χ1n) is 10.1. The predicted octanol–water partition coefficient (Wildman–Crippen LogP) is 2.14. The van der Waals surface area contributed by atoms with E-state index in [1.54, 1.807) is 11.9 Å². The number of likely N-dealkylation sites (N-methyl/N-ethyl adjacent to an activating group) is 1. The van der Waals surface area contributed by atoms with Gasteiger partial charge < -0.3 is 24.4 Å². The second kappa shape index (κ2) is 8.56. The molecular formula is C22H23N3O7. The molecular weight excluding hydrogens is 418 g/mol. The summed E-state index contributed by atoms with van der Waals surface area (Å²) in [7, 11) is 3.16. The van der Waals surface area contributed by atoms with E-state index >= 15 is 0 Å². The molecule has 168 valence electrons. The molecule has 0 radical (unpaired) electrons. The molecule has 2 heterocycles. The fourth-order valence-electron chi connectivity index (χ4n) is 4.04. The number of hydrogen-bond donors (Lipinski definition) is 1. The Balaban J connectivity index is 1.50. The standard InChI is InChI=1S/C22H23N3O7/c1-24-18-5-3-15(11-14(18)12-20(24)26)22(31-9-10-32-22)7-8-23-21(27)17-13-16(30-2)4-6-19(17)25(28)29/h3-6,11,13H,7-10,12H2,1-2H3,(H,23,27). The van der Waals surface area contributed by atoms with Crippen LogP contribution in [0.4, 0.5) is 11.4 Å². The van der Waals surface area contributed by atoms with E-state index in [0.29, 0.717) is 31.8 Å². The monoisotopic (exact) mass is 441 g/mol. The summed E-state index contributed by atoms with van der Waals surface area (Å²) in [5.74, 6) is -1.29. The average Bonchev–Trinajstić information content (AvgIpc) is 3.38. The summed E-state index contributed by atoms with van der Waals surface area (Å²) >= 11 is 0. The molecule has 2 aliphatic rings. The minimum atomic E-state index is -1.06. The molecule has 0 saturated carbocycles. The molecule has 10 nitrogen and oxygen atoms in total. The van der Waals surface area contributed by atoms with Crippen molar-refractivity contribution in [3.05, 3.63) is 63.2 Å². The Morgan fingerprint density at radius 1 is 1.25 bits per heavy atom. The Morgan fingerprint density at radius 2 is 2.00 bits per heavy atom. The van der Waals surface area contributed by atoms with Crippen LogP contribution in [0.15, 0.2) is 36.4 Å². The topological polar surface area (TPSA) is 120 Å². The van der Waals surface area contributed by atoms with Gasteiger partial charge in [0.1, 0.15) is 11.3 Å². The van der Waals surface area contributed by atoms with Gasteiger partial charge in [0.05, 0.1) is 31.7 Å². The normalized spacial score (nSPS) is 16.7. The van der Waals surface area contributed by atoms with Crippen LogP contribution in [0.1, 0.15) is 27.9 Å². The minimum absolute atomic E-state index is 0.0200. The van der Waals surface area contributed by atoms with Crippen LogP contribution >= 0.6 is 0 Å². The second-order valence-corrected chi connectivity index (χ2v) is 7.57. The predicted molar refractivity (Wildman–Crippen MR) is 114 cm³/mol. The lowest BCUT2D eigenvalue weighted by Gasteiger charge is -2.28. The van der Waals surface area contributed by atoms with E-state index in [4.69, 9.17) is 14.2 Å². The van der Waals surface area contributed by atoms with Gasteiger partial charge >= 0.3 is 0 Å². The highest BCUT2D eigenvalue weighted by Crippen LogP contribution is 2.38. The SMILES string of the molecule is COc1ccc([N+](=O)[O-])c(C(=O)NCCC2(c3ccc4c(c3)CC(=O)N4C)OCCO2)c1. The van der Waals surface area contributed by atoms with E-state index in [2.05, 4.69) is 5.32 Å². The van der Waals surface area contributed by atoms with Crippen molar-refractivity contribution in [2.24, 2.45) is 0 Å². The Morgan fingerprint density at radius 3 is 2.69 bits per heavy atom. The van der Waals surface area contributed by atoms with Crippen molar-refractivity contribution in [1.29, 1.82) is 0 Å². The van der Waals surface area contributed by atoms with Gasteiger partial charge in [0.25, 0.3) is 11.6 Å². The summed E-state index contributed by atoms with van der Waals surface area (Å²) in [5.41, 5.74) is 2.11. The first-order chi connectivity index (χ1) is 15.3. The molecule has 1 fully saturated rings. The summed E-state index contributed by atoms with van der Waals surface area (Å²) in [5, 5.41) is 14.0. The van der Waals surface area contributed by atoms with Crippen LogP contribution in [0.5, 0.6) is 5.75 Å². The van der Waals surface area contributed by atoms with Crippen LogP contribution in [-0.2, 0) is 26.5 Å². The number of nitro benzene ring substituents is 1. The minimum Gasteiger partial charge on any atom is -0.497 e. The summed E-state index contributed by atoms with van der Waals surface area (Å²) in [6, 6.07) is 9.62. The molecule has 0 atom stereocenters. The highest BCUT2D eigenvalue weighted by atomic mass is 16.7. The summed E-state index contributed by atoms with van der Waals surface area (Å²) < 4.78 is 16.9. The van der Waals surface area contributed by atoms with Gasteiger partial charge in [-0.15, -0.1) is 0 Å². The number of methoxy groups -OCH3 is 1. The number of amides is 2. The van der Waals surface area contributed by atoms with Gasteiger partial charge in [-0.2, -0.15) is 0 Å². The lowest BCUT2D eigenvalue weighted by Crippen LogP contribution is -2.34. The molecule has 0 unspecified atom stereocenters. The number of anilines is 1. The molecule has 2 aromatic rings. The molecule has 1 saturated heterocycles. The highest BCUT2D eigenvalue weighted by molar-refractivity contribution is 6.01. The maximum absolute atomic E-state index is 12.7. The zero-order chi connectivity index (χ0) is 22.9. The zero-order valence-corrected chi connectivity index (χ0v) is 17.8. The van der Waals surface area contributed by atoms with Crippen molar-refractivity contribution in [3.8, 4) is 5.75 Å². The average molecular weight is 441 g/mol. The van der Waals surface area contributed by atoms with Crippen LogP contribution < -0.4 is 15.0 Å². The molecule has 10 heteroatoms. The number of nitrogens with one attached hydrogen (secondary N) is 1. The third kappa shape index (κ3) is 3.90. The number of hydrogen-bond acceptors (Lipinski definition) is 7. The van der Waals surface area contributed by atoms with Crippen molar-refractivity contribution in [2.45, 2.75) is 18.6 Å². The van der Waals surface area contributed by atoms with Gasteiger partial charge in [0.15, 0.2) is 5.79 Å². The van der Waals surface area contributed by atoms with Crippen LogP contribution in [-0.4, -0.2) is 50.7 Å². The van der Waals surface area contributed by atoms with Crippen molar-refractivity contribution < 1.29 is 28.7 Å². The lowest BCUT2D eigenvalue weighted by molar-refractivity contribution is -0.385. The molecule has 2 aliphatic heterocycles. The molecule has 0 bridgehead atoms. The van der Waals surface area contributed by atoms with Crippen molar-refractivity contribution >= 4 is 23.2 Å². The third-order valence-electron chi connectivity index (χ3n) is 5.73. The quantitative estimate of drug-likeness (QED) is 0.516. The van der Waals surface area contributed by atoms with Crippen LogP contribution in [0, 0.1) is 10.1 Å². The van der Waals surface area contributed by atoms with Gasteiger partial charge in [0.2, 0.25) is 5.91 Å². The van der Waals surface area contributed by atoms with Gasteiger partial charge in [-0.05, 0) is 29.8 Å². The number of ether oxygens (including phenoxy) is 3. The van der Waals surface area contributed by atoms with E-state index in [-0.39, 0.29) is 23.7 Å². The Labute approximate surface area is 184 Å². The van der Waals surface area contributed by atoms with E-state index in [0.717, 1.165) is 16.8 Å². The lowest BCUT2D eigenvalue weighted by atomic mass is 9.98. The zero-order valence-electron chi connectivity index (χ0n) is 17.8. The molecule has 2 amide bonds. The Bertz CT molecular complexity index is 1080. The van der Waals surface area contributed by atoms with E-state index in [1.165, 1.54) is 25.3 Å². The molecule has 4 rings (SSSR count). The first-order valence-corrected chi connectivity index (χ1v) is 10.1. The smallest absolute Gasteiger partial charge is 0.282 e. The summed E-state index contributed by atoms with van der Waals surface area (Å²) in [4.78, 5) is 37.0. The number of fused-ring (bicyclic) bond motifs is 1. The number of benzene rings is 2. The third-order valence-corrected chi connectivity index (χ3v) is 5.73. The van der Waals surface area contributed by atoms with E-state index in [1.807, 2.05) is 18.2 Å². The summed E-state index contributed by atoms with van der Waals surface area (Å²) in [6.07, 6.45) is 0.602. The van der Waals surface area contributed by atoms with Gasteiger partial charge in [0, 0.05) is 37.3 Å². The maximum Gasteiger partial charge on any atom is 0.282 e. The number of nitrogens with zero attached hydrogens (tertiary/aromatic N) is 2.